The van der Waals surface area contributed by atoms with Crippen LogP contribution >= 0.6 is 0 Å². The van der Waals surface area contributed by atoms with Gasteiger partial charge >= 0.3 is 5.97 Å². The number of unbranched alkanes of at least 4 members (excludes halogenated alkanes) is 2. The van der Waals surface area contributed by atoms with Crippen LogP contribution in [-0.2, 0) is 4.79 Å². The SMILES string of the molecule is CCCCC[C@](C)(O)C=CC1=CC[C@@H](O)[C@@H]1CC(=O)O. The Bertz CT molecular complexity index is 382. The minimum Gasteiger partial charge on any atom is -0.481 e. The summed E-state index contributed by atoms with van der Waals surface area (Å²) in [6.07, 6.45) is 8.99. The Kier molecular flexibility index (Phi) is 6.43. The normalized spacial score (nSPS) is 25.7. The zero-order valence-corrected chi connectivity index (χ0v) is 12.4. The molecular formula is C16H26O4. The number of hydrogen-bond acceptors (Lipinski definition) is 3. The van der Waals surface area contributed by atoms with Gasteiger partial charge in [-0.15, -0.1) is 0 Å². The van der Waals surface area contributed by atoms with E-state index in [1.54, 1.807) is 19.1 Å². The molecule has 0 aliphatic heterocycles. The molecule has 0 radical (unpaired) electrons. The third kappa shape index (κ3) is 5.47. The monoisotopic (exact) mass is 282 g/mol. The van der Waals surface area contributed by atoms with Crippen molar-refractivity contribution in [1.29, 1.82) is 0 Å². The molecule has 0 saturated heterocycles. The minimum atomic E-state index is -0.912. The van der Waals surface area contributed by atoms with Crippen LogP contribution in [0.25, 0.3) is 0 Å². The van der Waals surface area contributed by atoms with E-state index in [9.17, 15) is 15.0 Å². The zero-order chi connectivity index (χ0) is 15.2. The number of carbonyl (C=O) groups is 1. The minimum absolute atomic E-state index is 0.0741. The summed E-state index contributed by atoms with van der Waals surface area (Å²) in [5, 5.41) is 28.9. The highest BCUT2D eigenvalue weighted by Gasteiger charge is 2.29. The summed E-state index contributed by atoms with van der Waals surface area (Å²) >= 11 is 0. The van der Waals surface area contributed by atoms with Gasteiger partial charge < -0.3 is 15.3 Å². The fourth-order valence-corrected chi connectivity index (χ4v) is 2.52. The van der Waals surface area contributed by atoms with Gasteiger partial charge in [-0.3, -0.25) is 4.79 Å². The smallest absolute Gasteiger partial charge is 0.304 e. The van der Waals surface area contributed by atoms with Crippen LogP contribution in [-0.4, -0.2) is 33.0 Å². The van der Waals surface area contributed by atoms with Crippen LogP contribution in [0.3, 0.4) is 0 Å². The van der Waals surface area contributed by atoms with E-state index in [1.807, 2.05) is 6.08 Å². The van der Waals surface area contributed by atoms with Gasteiger partial charge in [-0.1, -0.05) is 44.4 Å². The van der Waals surface area contributed by atoms with Crippen LogP contribution < -0.4 is 0 Å². The van der Waals surface area contributed by atoms with Crippen LogP contribution in [0, 0.1) is 5.92 Å². The van der Waals surface area contributed by atoms with Crippen molar-refractivity contribution in [2.45, 2.75) is 64.1 Å². The summed E-state index contributed by atoms with van der Waals surface area (Å²) in [6, 6.07) is 0. The Labute approximate surface area is 120 Å². The molecule has 0 aromatic heterocycles. The van der Waals surface area contributed by atoms with Gasteiger partial charge in [0.1, 0.15) is 0 Å². The molecule has 1 rings (SSSR count). The first-order valence-corrected chi connectivity index (χ1v) is 7.37. The second kappa shape index (κ2) is 7.60. The van der Waals surface area contributed by atoms with Gasteiger partial charge in [-0.2, -0.15) is 0 Å². The molecule has 0 fully saturated rings. The number of aliphatic hydroxyl groups is 2. The maximum Gasteiger partial charge on any atom is 0.304 e. The van der Waals surface area contributed by atoms with Crippen molar-refractivity contribution < 1.29 is 20.1 Å². The van der Waals surface area contributed by atoms with Gasteiger partial charge in [0.05, 0.1) is 18.1 Å². The molecule has 1 aliphatic rings. The average molecular weight is 282 g/mol. The molecule has 114 valence electrons. The number of hydrogen-bond donors (Lipinski definition) is 3. The maximum absolute atomic E-state index is 10.8. The van der Waals surface area contributed by atoms with E-state index in [2.05, 4.69) is 6.92 Å². The number of rotatable bonds is 8. The van der Waals surface area contributed by atoms with E-state index in [-0.39, 0.29) is 12.3 Å². The molecule has 3 N–H and O–H groups in total. The van der Waals surface area contributed by atoms with E-state index < -0.39 is 17.7 Å². The second-order valence-corrected chi connectivity index (χ2v) is 5.86. The number of carboxylic acids is 1. The van der Waals surface area contributed by atoms with E-state index in [1.165, 1.54) is 0 Å². The highest BCUT2D eigenvalue weighted by atomic mass is 16.4. The lowest BCUT2D eigenvalue weighted by atomic mass is 9.92. The fraction of sp³-hybridized carbons (Fsp3) is 0.688. The van der Waals surface area contributed by atoms with Crippen LogP contribution in [0.1, 0.15) is 52.4 Å². The molecule has 4 nitrogen and oxygen atoms in total. The summed E-state index contributed by atoms with van der Waals surface area (Å²) in [5.41, 5.74) is -0.0622. The quantitative estimate of drug-likeness (QED) is 0.598. The summed E-state index contributed by atoms with van der Waals surface area (Å²) < 4.78 is 0. The summed E-state index contributed by atoms with van der Waals surface area (Å²) in [4.78, 5) is 10.8. The van der Waals surface area contributed by atoms with E-state index in [0.29, 0.717) is 12.8 Å². The van der Waals surface area contributed by atoms with E-state index in [4.69, 9.17) is 5.11 Å². The molecule has 0 aromatic rings. The molecule has 0 unspecified atom stereocenters. The van der Waals surface area contributed by atoms with Gasteiger partial charge in [0.15, 0.2) is 0 Å². The van der Waals surface area contributed by atoms with E-state index >= 15 is 0 Å². The largest absolute Gasteiger partial charge is 0.481 e. The third-order valence-electron chi connectivity index (χ3n) is 3.80. The summed E-state index contributed by atoms with van der Waals surface area (Å²) in [6.45, 7) is 3.88. The number of allylic oxidation sites excluding steroid dienone is 1. The first-order chi connectivity index (χ1) is 9.35. The molecular weight excluding hydrogens is 256 g/mol. The van der Waals surface area contributed by atoms with Crippen molar-refractivity contribution in [3.8, 4) is 0 Å². The molecule has 0 spiro atoms. The van der Waals surface area contributed by atoms with Gasteiger partial charge in [0, 0.05) is 5.92 Å². The van der Waals surface area contributed by atoms with Crippen molar-refractivity contribution in [2.75, 3.05) is 0 Å². The van der Waals surface area contributed by atoms with Crippen LogP contribution in [0.15, 0.2) is 23.8 Å². The Balaban J connectivity index is 2.61. The molecule has 0 amide bonds. The topological polar surface area (TPSA) is 77.8 Å². The number of aliphatic hydroxyl groups excluding tert-OH is 1. The molecule has 1 aliphatic carbocycles. The van der Waals surface area contributed by atoms with Crippen LogP contribution in [0.4, 0.5) is 0 Å². The van der Waals surface area contributed by atoms with Crippen LogP contribution in [0.2, 0.25) is 0 Å². The lowest BCUT2D eigenvalue weighted by Crippen LogP contribution is -2.22. The first kappa shape index (κ1) is 16.9. The van der Waals surface area contributed by atoms with Crippen molar-refractivity contribution in [3.63, 3.8) is 0 Å². The third-order valence-corrected chi connectivity index (χ3v) is 3.80. The highest BCUT2D eigenvalue weighted by Crippen LogP contribution is 2.31. The zero-order valence-electron chi connectivity index (χ0n) is 12.4. The van der Waals surface area contributed by atoms with E-state index in [0.717, 1.165) is 24.8 Å². The fourth-order valence-electron chi connectivity index (χ4n) is 2.52. The Morgan fingerprint density at radius 2 is 2.20 bits per heavy atom. The number of carboxylic acid groups (broad SMARTS) is 1. The molecule has 0 heterocycles. The van der Waals surface area contributed by atoms with Gasteiger partial charge in [0.25, 0.3) is 0 Å². The van der Waals surface area contributed by atoms with Crippen molar-refractivity contribution in [1.82, 2.24) is 0 Å². The highest BCUT2D eigenvalue weighted by molar-refractivity contribution is 5.68. The van der Waals surface area contributed by atoms with Gasteiger partial charge in [-0.05, 0) is 25.3 Å². The Hall–Kier alpha value is -1.13. The van der Waals surface area contributed by atoms with Crippen LogP contribution in [0.5, 0.6) is 0 Å². The molecule has 0 saturated carbocycles. The average Bonchev–Trinajstić information content (AvgIpc) is 2.68. The van der Waals surface area contributed by atoms with Gasteiger partial charge in [-0.25, -0.2) is 0 Å². The summed E-state index contributed by atoms with van der Waals surface area (Å²) in [5.74, 6) is -1.28. The first-order valence-electron chi connectivity index (χ1n) is 7.37. The molecule has 20 heavy (non-hydrogen) atoms. The molecule has 0 bridgehead atoms. The van der Waals surface area contributed by atoms with Crippen molar-refractivity contribution >= 4 is 5.97 Å². The standard InChI is InChI=1S/C16H26O4/c1-3-4-5-9-16(2,20)10-8-12-6-7-14(17)13(12)11-15(18)19/h6,8,10,13-14,17,20H,3-5,7,9,11H2,1-2H3,(H,18,19)/t13-,14-,16+/m1/s1. The van der Waals surface area contributed by atoms with Gasteiger partial charge in [0.2, 0.25) is 0 Å². The van der Waals surface area contributed by atoms with Crippen molar-refractivity contribution in [3.05, 3.63) is 23.8 Å². The Morgan fingerprint density at radius 3 is 2.80 bits per heavy atom. The molecule has 3 atom stereocenters. The maximum atomic E-state index is 10.8. The lowest BCUT2D eigenvalue weighted by Gasteiger charge is -2.20. The lowest BCUT2D eigenvalue weighted by molar-refractivity contribution is -0.138. The molecule has 0 aromatic carbocycles. The Morgan fingerprint density at radius 1 is 1.50 bits per heavy atom. The second-order valence-electron chi connectivity index (χ2n) is 5.86. The number of aliphatic carboxylic acids is 1. The summed E-state index contributed by atoms with van der Waals surface area (Å²) in [7, 11) is 0. The predicted molar refractivity (Wildman–Crippen MR) is 78.4 cm³/mol. The molecule has 4 heteroatoms. The predicted octanol–water partition coefficient (Wildman–Crippen LogP) is 2.66. The van der Waals surface area contributed by atoms with Crippen molar-refractivity contribution in [2.24, 2.45) is 5.92 Å².